The van der Waals surface area contributed by atoms with E-state index in [9.17, 15) is 9.59 Å². The molecular formula is C36H48N4O2. The van der Waals surface area contributed by atoms with E-state index in [-0.39, 0.29) is 18.0 Å². The van der Waals surface area contributed by atoms with E-state index in [1.54, 1.807) is 12.1 Å². The number of nitrogens with one attached hydrogen (secondary N) is 3. The third-order valence-corrected chi connectivity index (χ3v) is 8.31. The van der Waals surface area contributed by atoms with E-state index in [1.807, 2.05) is 12.1 Å². The molecule has 1 aliphatic rings. The lowest BCUT2D eigenvalue weighted by molar-refractivity contribution is 0.0951. The first-order chi connectivity index (χ1) is 20.7. The minimum absolute atomic E-state index is 0.145. The molecule has 6 nitrogen and oxygen atoms in total. The van der Waals surface area contributed by atoms with Crippen LogP contribution in [0.15, 0.2) is 84.9 Å². The molecule has 4 rings (SSSR count). The Morgan fingerprint density at radius 3 is 2.00 bits per heavy atom. The van der Waals surface area contributed by atoms with E-state index in [0.717, 1.165) is 38.8 Å². The molecule has 3 aromatic carbocycles. The Labute approximate surface area is 252 Å². The van der Waals surface area contributed by atoms with E-state index < -0.39 is 0 Å². The molecule has 0 radical (unpaired) electrons. The molecule has 0 aliphatic carbocycles. The predicted octanol–water partition coefficient (Wildman–Crippen LogP) is 7.79. The molecule has 1 saturated heterocycles. The molecule has 0 unspecified atom stereocenters. The smallest absolute Gasteiger partial charge is 0.319 e. The van der Waals surface area contributed by atoms with E-state index in [1.165, 1.54) is 43.2 Å². The van der Waals surface area contributed by atoms with Crippen LogP contribution < -0.4 is 16.0 Å². The lowest BCUT2D eigenvalue weighted by Gasteiger charge is -2.38. The molecule has 3 N–H and O–H groups in total. The Morgan fingerprint density at radius 1 is 0.738 bits per heavy atom. The number of urea groups is 1. The number of amides is 3. The molecule has 1 heterocycles. The molecule has 1 fully saturated rings. The van der Waals surface area contributed by atoms with Crippen LogP contribution in [0.25, 0.3) is 0 Å². The zero-order chi connectivity index (χ0) is 29.4. The summed E-state index contributed by atoms with van der Waals surface area (Å²) in [7, 11) is 0. The molecule has 42 heavy (non-hydrogen) atoms. The van der Waals surface area contributed by atoms with Crippen LogP contribution in [0.2, 0.25) is 0 Å². The third-order valence-electron chi connectivity index (χ3n) is 8.31. The maximum absolute atomic E-state index is 13.0. The number of carbonyl (C=O) groups is 2. The van der Waals surface area contributed by atoms with E-state index in [2.05, 4.69) is 88.4 Å². The molecule has 6 heteroatoms. The van der Waals surface area contributed by atoms with Crippen molar-refractivity contribution in [3.05, 3.63) is 102 Å². The summed E-state index contributed by atoms with van der Waals surface area (Å²) in [5.41, 5.74) is 3.73. The summed E-state index contributed by atoms with van der Waals surface area (Å²) in [4.78, 5) is 28.0. The summed E-state index contributed by atoms with van der Waals surface area (Å²) in [6.07, 6.45) is 10.1. The molecule has 0 saturated carbocycles. The van der Waals surface area contributed by atoms with Crippen LogP contribution in [-0.4, -0.2) is 43.0 Å². The van der Waals surface area contributed by atoms with Crippen LogP contribution in [0, 0.1) is 5.92 Å². The quantitative estimate of drug-likeness (QED) is 0.164. The number of hydrogen-bond donors (Lipinski definition) is 3. The van der Waals surface area contributed by atoms with Crippen molar-refractivity contribution in [2.75, 3.05) is 31.5 Å². The fraction of sp³-hybridized carbons (Fsp3) is 0.444. The number of piperidine rings is 1. The van der Waals surface area contributed by atoms with E-state index in [0.29, 0.717) is 30.3 Å². The van der Waals surface area contributed by atoms with Gasteiger partial charge >= 0.3 is 6.03 Å². The first-order valence-electron chi connectivity index (χ1n) is 15.9. The van der Waals surface area contributed by atoms with Gasteiger partial charge in [0.2, 0.25) is 0 Å². The second-order valence-corrected chi connectivity index (χ2v) is 11.4. The van der Waals surface area contributed by atoms with Crippen molar-refractivity contribution in [2.24, 2.45) is 5.92 Å². The Morgan fingerprint density at radius 2 is 1.33 bits per heavy atom. The SMILES string of the molecule is CCCCCCCNC(=O)Nc1ccccc1C(=O)NCCCC1CCN(C(c2ccccc2)c2ccccc2)CC1. The van der Waals surface area contributed by atoms with E-state index >= 15 is 0 Å². The maximum atomic E-state index is 13.0. The Balaban J connectivity index is 1.19. The van der Waals surface area contributed by atoms with Gasteiger partial charge < -0.3 is 16.0 Å². The monoisotopic (exact) mass is 568 g/mol. The average molecular weight is 569 g/mol. The van der Waals surface area contributed by atoms with Crippen LogP contribution in [0.5, 0.6) is 0 Å². The van der Waals surface area contributed by atoms with Crippen LogP contribution in [0.3, 0.4) is 0 Å². The number of carbonyl (C=O) groups excluding carboxylic acids is 2. The van der Waals surface area contributed by atoms with Gasteiger partial charge in [0.25, 0.3) is 5.91 Å². The number of para-hydroxylation sites is 1. The second kappa shape index (κ2) is 17.3. The summed E-state index contributed by atoms with van der Waals surface area (Å²) in [6.45, 7) is 5.62. The minimum atomic E-state index is -0.265. The second-order valence-electron chi connectivity index (χ2n) is 11.4. The Bertz CT molecular complexity index is 1170. The van der Waals surface area contributed by atoms with Gasteiger partial charge in [-0.05, 0) is 74.4 Å². The number of unbranched alkanes of at least 4 members (excludes halogenated alkanes) is 4. The summed E-state index contributed by atoms with van der Waals surface area (Å²) >= 11 is 0. The fourth-order valence-electron chi connectivity index (χ4n) is 5.96. The zero-order valence-corrected chi connectivity index (χ0v) is 25.2. The molecule has 0 spiro atoms. The third kappa shape index (κ3) is 9.73. The number of anilines is 1. The standard InChI is InChI=1S/C36H48N4O2/c1-2-3-4-5-14-25-38-36(42)39-33-22-13-12-21-32(33)35(41)37-26-15-16-29-23-27-40(28-24-29)34(30-17-8-6-9-18-30)31-19-10-7-11-20-31/h6-13,17-22,29,34H,2-5,14-16,23-28H2,1H3,(H,37,41)(H2,38,39,42). The average Bonchev–Trinajstić information content (AvgIpc) is 3.03. The van der Waals surface area contributed by atoms with Crippen molar-refractivity contribution < 1.29 is 9.59 Å². The van der Waals surface area contributed by atoms with Crippen molar-refractivity contribution in [2.45, 2.75) is 70.8 Å². The number of hydrogen-bond acceptors (Lipinski definition) is 3. The lowest BCUT2D eigenvalue weighted by Crippen LogP contribution is -2.37. The molecule has 3 amide bonds. The van der Waals surface area contributed by atoms with Gasteiger partial charge in [-0.1, -0.05) is 105 Å². The highest BCUT2D eigenvalue weighted by Crippen LogP contribution is 2.33. The van der Waals surface area contributed by atoms with Crippen molar-refractivity contribution in [1.29, 1.82) is 0 Å². The number of rotatable bonds is 15. The van der Waals surface area contributed by atoms with Crippen LogP contribution in [0.1, 0.15) is 92.2 Å². The highest BCUT2D eigenvalue weighted by Gasteiger charge is 2.27. The van der Waals surface area contributed by atoms with E-state index in [4.69, 9.17) is 0 Å². The Kier molecular flexibility index (Phi) is 12.9. The maximum Gasteiger partial charge on any atom is 0.319 e. The summed E-state index contributed by atoms with van der Waals surface area (Å²) < 4.78 is 0. The first kappa shape index (κ1) is 31.3. The summed E-state index contributed by atoms with van der Waals surface area (Å²) in [5.74, 6) is 0.527. The van der Waals surface area contributed by atoms with Gasteiger partial charge in [-0.2, -0.15) is 0 Å². The lowest BCUT2D eigenvalue weighted by atomic mass is 9.89. The van der Waals surface area contributed by atoms with Crippen molar-refractivity contribution in [3.8, 4) is 0 Å². The van der Waals surface area contributed by atoms with Gasteiger partial charge in [-0.3, -0.25) is 9.69 Å². The summed E-state index contributed by atoms with van der Waals surface area (Å²) in [6, 6.07) is 28.9. The minimum Gasteiger partial charge on any atom is -0.352 e. The highest BCUT2D eigenvalue weighted by atomic mass is 16.2. The van der Waals surface area contributed by atoms with Gasteiger partial charge in [-0.15, -0.1) is 0 Å². The van der Waals surface area contributed by atoms with Gasteiger partial charge in [0.05, 0.1) is 17.3 Å². The Hall–Kier alpha value is -3.64. The van der Waals surface area contributed by atoms with Gasteiger partial charge in [0.15, 0.2) is 0 Å². The topological polar surface area (TPSA) is 73.5 Å². The van der Waals surface area contributed by atoms with Crippen molar-refractivity contribution >= 4 is 17.6 Å². The van der Waals surface area contributed by atoms with Gasteiger partial charge in [-0.25, -0.2) is 4.79 Å². The van der Waals surface area contributed by atoms with Gasteiger partial charge in [0, 0.05) is 13.1 Å². The molecule has 0 atom stereocenters. The molecule has 1 aliphatic heterocycles. The first-order valence-corrected chi connectivity index (χ1v) is 15.9. The largest absolute Gasteiger partial charge is 0.352 e. The summed E-state index contributed by atoms with van der Waals surface area (Å²) in [5, 5.41) is 8.84. The molecule has 0 aromatic heterocycles. The molecule has 0 bridgehead atoms. The fourth-order valence-corrected chi connectivity index (χ4v) is 5.96. The highest BCUT2D eigenvalue weighted by molar-refractivity contribution is 6.03. The zero-order valence-electron chi connectivity index (χ0n) is 25.2. The van der Waals surface area contributed by atoms with Gasteiger partial charge in [0.1, 0.15) is 0 Å². The molecule has 224 valence electrons. The van der Waals surface area contributed by atoms with Crippen molar-refractivity contribution in [3.63, 3.8) is 0 Å². The molecular weight excluding hydrogens is 520 g/mol. The number of likely N-dealkylation sites (tertiary alicyclic amines) is 1. The van der Waals surface area contributed by atoms with Crippen LogP contribution >= 0.6 is 0 Å². The van der Waals surface area contributed by atoms with Crippen LogP contribution in [-0.2, 0) is 0 Å². The number of benzene rings is 3. The number of nitrogens with zero attached hydrogens (tertiary/aromatic N) is 1. The predicted molar refractivity (Wildman–Crippen MR) is 173 cm³/mol. The molecule has 3 aromatic rings. The normalized spacial score (nSPS) is 14.0. The van der Waals surface area contributed by atoms with Crippen LogP contribution in [0.4, 0.5) is 10.5 Å². The van der Waals surface area contributed by atoms with Crippen molar-refractivity contribution in [1.82, 2.24) is 15.5 Å².